The molecule has 0 unspecified atom stereocenters. The fourth-order valence-electron chi connectivity index (χ4n) is 5.83. The molecule has 0 atom stereocenters. The second-order valence-corrected chi connectivity index (χ2v) is 9.67. The van der Waals surface area contributed by atoms with Crippen LogP contribution in [-0.4, -0.2) is 12.8 Å². The predicted molar refractivity (Wildman–Crippen MR) is 153 cm³/mol. The fraction of sp³-hybridized carbons (Fsp3) is 0.0606. The molecule has 170 valence electrons. The van der Waals surface area contributed by atoms with Crippen molar-refractivity contribution in [1.82, 2.24) is 4.98 Å². The van der Waals surface area contributed by atoms with Gasteiger partial charge in [0.1, 0.15) is 13.7 Å². The van der Waals surface area contributed by atoms with Gasteiger partial charge in [-0.25, -0.2) is 9.37 Å². The first-order valence-electron chi connectivity index (χ1n) is 12.5. The number of halogens is 1. The third kappa shape index (κ3) is 3.20. The molecule has 1 nitrogen and oxygen atoms in total. The Balaban J connectivity index is 1.74. The van der Waals surface area contributed by atoms with Crippen molar-refractivity contribution in [3.63, 3.8) is 0 Å². The molecule has 0 radical (unpaired) electrons. The normalized spacial score (nSPS) is 12.9. The highest BCUT2D eigenvalue weighted by Gasteiger charge is 2.22. The number of allylic oxidation sites excluding steroid dienone is 1. The number of rotatable bonds is 2. The topological polar surface area (TPSA) is 12.9 Å². The van der Waals surface area contributed by atoms with E-state index in [1.807, 2.05) is 12.1 Å². The average molecular weight is 463 g/mol. The zero-order valence-electron chi connectivity index (χ0n) is 20.1. The van der Waals surface area contributed by atoms with Crippen LogP contribution in [0, 0.1) is 5.82 Å². The molecule has 0 N–H and O–H groups in total. The van der Waals surface area contributed by atoms with E-state index in [0.717, 1.165) is 51.5 Å². The summed E-state index contributed by atoms with van der Waals surface area (Å²) in [5, 5.41) is 6.07. The Labute approximate surface area is 210 Å². The van der Waals surface area contributed by atoms with E-state index in [2.05, 4.69) is 86.7 Å². The lowest BCUT2D eigenvalue weighted by atomic mass is 9.83. The highest BCUT2D eigenvalue weighted by molar-refractivity contribution is 6.33. The summed E-state index contributed by atoms with van der Waals surface area (Å²) in [6, 6.07) is 30.6. The summed E-state index contributed by atoms with van der Waals surface area (Å²) in [6.07, 6.45) is 6.57. The number of hydrogen-bond acceptors (Lipinski definition) is 1. The Morgan fingerprint density at radius 2 is 1.50 bits per heavy atom. The van der Waals surface area contributed by atoms with Crippen molar-refractivity contribution in [3.05, 3.63) is 114 Å². The lowest BCUT2D eigenvalue weighted by molar-refractivity contribution is 0.628. The Bertz CT molecular complexity index is 1850. The number of para-hydroxylation sites is 1. The molecule has 7 rings (SSSR count). The number of aromatic nitrogens is 1. The van der Waals surface area contributed by atoms with Gasteiger partial charge >= 0.3 is 0 Å². The number of nitrogens with zero attached hydrogens (tertiary/aromatic N) is 1. The number of aryl methyl sites for hydroxylation is 1. The molecule has 0 aliphatic heterocycles. The molecule has 0 fully saturated rings. The molecule has 1 heterocycles. The molecule has 1 aliphatic rings. The van der Waals surface area contributed by atoms with Crippen LogP contribution in [0.1, 0.15) is 17.5 Å². The van der Waals surface area contributed by atoms with Crippen LogP contribution in [0.4, 0.5) is 4.39 Å². The molecule has 6 aromatic rings. The highest BCUT2D eigenvalue weighted by atomic mass is 19.1. The molecule has 1 aliphatic carbocycles. The second kappa shape index (κ2) is 8.17. The van der Waals surface area contributed by atoms with Crippen LogP contribution in [0.2, 0.25) is 0 Å². The van der Waals surface area contributed by atoms with Crippen molar-refractivity contribution in [1.29, 1.82) is 0 Å². The van der Waals surface area contributed by atoms with Gasteiger partial charge in [0.05, 0.1) is 11.2 Å². The molecular formula is C33H23BFN. The van der Waals surface area contributed by atoms with Crippen LogP contribution in [0.3, 0.4) is 0 Å². The number of fused-ring (bicyclic) bond motifs is 8. The van der Waals surface area contributed by atoms with Crippen molar-refractivity contribution in [2.24, 2.45) is 0 Å². The first-order chi connectivity index (χ1) is 17.7. The van der Waals surface area contributed by atoms with Crippen LogP contribution in [0.5, 0.6) is 0 Å². The first-order valence-corrected chi connectivity index (χ1v) is 12.5. The molecule has 0 spiro atoms. The molecule has 1 aromatic heterocycles. The number of benzene rings is 5. The van der Waals surface area contributed by atoms with E-state index in [4.69, 9.17) is 4.98 Å². The van der Waals surface area contributed by atoms with Gasteiger partial charge in [-0.3, -0.25) is 0 Å². The maximum absolute atomic E-state index is 13.9. The van der Waals surface area contributed by atoms with E-state index < -0.39 is 0 Å². The van der Waals surface area contributed by atoms with E-state index in [1.54, 1.807) is 0 Å². The van der Waals surface area contributed by atoms with E-state index >= 15 is 0 Å². The van der Waals surface area contributed by atoms with E-state index in [1.165, 1.54) is 44.9 Å². The van der Waals surface area contributed by atoms with Crippen molar-refractivity contribution in [2.45, 2.75) is 12.8 Å². The largest absolute Gasteiger partial charge is 0.246 e. The molecule has 5 aromatic carbocycles. The predicted octanol–water partition coefficient (Wildman–Crippen LogP) is 7.23. The molecule has 0 saturated heterocycles. The molecular weight excluding hydrogens is 440 g/mol. The van der Waals surface area contributed by atoms with Gasteiger partial charge in [0.2, 0.25) is 0 Å². The fourth-order valence-corrected chi connectivity index (χ4v) is 5.83. The van der Waals surface area contributed by atoms with Crippen LogP contribution in [0.15, 0.2) is 97.1 Å². The zero-order chi connectivity index (χ0) is 24.2. The molecule has 3 heteroatoms. The second-order valence-electron chi connectivity index (χ2n) is 9.67. The van der Waals surface area contributed by atoms with Gasteiger partial charge in [-0.15, -0.1) is 0 Å². The summed E-state index contributed by atoms with van der Waals surface area (Å²) >= 11 is 0. The monoisotopic (exact) mass is 463 g/mol. The third-order valence-corrected chi connectivity index (χ3v) is 7.42. The summed E-state index contributed by atoms with van der Waals surface area (Å²) < 4.78 is 13.9. The number of hydrogen-bond donors (Lipinski definition) is 0. The van der Waals surface area contributed by atoms with Gasteiger partial charge in [-0.2, -0.15) is 0 Å². The molecule has 36 heavy (non-hydrogen) atoms. The maximum atomic E-state index is 13.9. The lowest BCUT2D eigenvalue weighted by Crippen LogP contribution is -2.02. The van der Waals surface area contributed by atoms with Gasteiger partial charge in [0, 0.05) is 27.3 Å². The Morgan fingerprint density at radius 1 is 0.722 bits per heavy atom. The van der Waals surface area contributed by atoms with Crippen LogP contribution in [-0.2, 0) is 6.42 Å². The summed E-state index contributed by atoms with van der Waals surface area (Å²) in [7, 11) is 2.12. The third-order valence-electron chi connectivity index (χ3n) is 7.42. The Morgan fingerprint density at radius 3 is 2.33 bits per heavy atom. The van der Waals surface area contributed by atoms with E-state index in [9.17, 15) is 4.39 Å². The minimum atomic E-state index is -0.239. The zero-order valence-corrected chi connectivity index (χ0v) is 20.1. The minimum absolute atomic E-state index is 0.239. The maximum Gasteiger partial charge on any atom is 0.139 e. The van der Waals surface area contributed by atoms with Gasteiger partial charge < -0.3 is 0 Å². The van der Waals surface area contributed by atoms with Gasteiger partial charge in [0.15, 0.2) is 0 Å². The van der Waals surface area contributed by atoms with Gasteiger partial charge in [0.25, 0.3) is 0 Å². The first kappa shape index (κ1) is 21.1. The minimum Gasteiger partial charge on any atom is -0.246 e. The van der Waals surface area contributed by atoms with Crippen molar-refractivity contribution >= 4 is 51.8 Å². The van der Waals surface area contributed by atoms with Crippen molar-refractivity contribution in [3.8, 4) is 22.4 Å². The SMILES string of the molecule is Bc1cccc(-c2cccc3c2nc(-c2ccc(F)cc2)c2c4c(c5ccccc5c23)CCC=C4)c1. The van der Waals surface area contributed by atoms with Crippen molar-refractivity contribution in [2.75, 3.05) is 0 Å². The Kier molecular flexibility index (Phi) is 4.78. The Hall–Kier alpha value is -4.24. The smallest absolute Gasteiger partial charge is 0.139 e. The average Bonchev–Trinajstić information content (AvgIpc) is 2.92. The summed E-state index contributed by atoms with van der Waals surface area (Å²) in [4.78, 5) is 5.37. The van der Waals surface area contributed by atoms with E-state index in [0.29, 0.717) is 0 Å². The van der Waals surface area contributed by atoms with Gasteiger partial charge in [-0.05, 0) is 64.6 Å². The van der Waals surface area contributed by atoms with Crippen molar-refractivity contribution < 1.29 is 4.39 Å². The van der Waals surface area contributed by atoms with Crippen LogP contribution < -0.4 is 5.46 Å². The highest BCUT2D eigenvalue weighted by Crippen LogP contribution is 2.44. The molecule has 0 saturated carbocycles. The lowest BCUT2D eigenvalue weighted by Gasteiger charge is -2.22. The van der Waals surface area contributed by atoms with Crippen LogP contribution in [0.25, 0.3) is 60.9 Å². The van der Waals surface area contributed by atoms with E-state index in [-0.39, 0.29) is 5.82 Å². The van der Waals surface area contributed by atoms with Gasteiger partial charge in [-0.1, -0.05) is 84.3 Å². The summed E-state index contributed by atoms with van der Waals surface area (Å²) in [5.41, 5.74) is 8.90. The molecule has 0 amide bonds. The molecule has 0 bridgehead atoms. The van der Waals surface area contributed by atoms with Crippen LogP contribution >= 0.6 is 0 Å². The summed E-state index contributed by atoms with van der Waals surface area (Å²) in [5.74, 6) is -0.239. The summed E-state index contributed by atoms with van der Waals surface area (Å²) in [6.45, 7) is 0. The standard InChI is InChI=1S/C33H23BFN/c34-22-8-5-7-21(19-22)24-13-6-14-29-30-27-11-3-1-9-25(27)26-10-2-4-12-28(26)31(30)32(36-33(24)29)20-15-17-23(35)18-16-20/h1,3-9,11-19H,2,10,34H2. The quantitative estimate of drug-likeness (QED) is 0.195. The number of pyridine rings is 1.